The highest BCUT2D eigenvalue weighted by Gasteiger charge is 2.53. The van der Waals surface area contributed by atoms with Gasteiger partial charge in [-0.1, -0.05) is 6.92 Å². The van der Waals surface area contributed by atoms with Gasteiger partial charge in [0.05, 0.1) is 16.1 Å². The standard InChI is InChI=1S/C19H20F3NO6/c1-17(2,3)29-16(26)13(15(25)18(4)7-8-18)14(24)11-6-5-10(19(20,21)22)9-12(11)23(27)28/h5-6,9,13H,7-8H2,1-4H3. The number of hydrogen-bond donors (Lipinski definition) is 0. The first-order valence-electron chi connectivity index (χ1n) is 8.74. The first kappa shape index (κ1) is 22.5. The Morgan fingerprint density at radius 2 is 1.72 bits per heavy atom. The number of esters is 1. The van der Waals surface area contributed by atoms with Crippen LogP contribution >= 0.6 is 0 Å². The fourth-order valence-electron chi connectivity index (χ4n) is 2.70. The number of ether oxygens (including phenoxy) is 1. The maximum Gasteiger partial charge on any atom is 0.416 e. The van der Waals surface area contributed by atoms with E-state index < -0.39 is 62.4 Å². The number of carbonyl (C=O) groups excluding carboxylic acids is 3. The zero-order valence-electron chi connectivity index (χ0n) is 16.3. The Morgan fingerprint density at radius 1 is 1.17 bits per heavy atom. The number of nitrogens with zero attached hydrogens (tertiary/aromatic N) is 1. The molecule has 1 aliphatic carbocycles. The molecule has 2 rings (SSSR count). The minimum Gasteiger partial charge on any atom is -0.459 e. The third-order valence-corrected chi connectivity index (χ3v) is 4.55. The summed E-state index contributed by atoms with van der Waals surface area (Å²) in [4.78, 5) is 48.5. The van der Waals surface area contributed by atoms with Gasteiger partial charge in [0.15, 0.2) is 17.5 Å². The van der Waals surface area contributed by atoms with Gasteiger partial charge in [-0.25, -0.2) is 0 Å². The molecule has 1 atom stereocenters. The van der Waals surface area contributed by atoms with Crippen molar-refractivity contribution in [1.29, 1.82) is 0 Å². The Labute approximate surface area is 164 Å². The molecule has 0 aromatic heterocycles. The minimum atomic E-state index is -4.87. The van der Waals surface area contributed by atoms with Crippen LogP contribution in [0, 0.1) is 21.4 Å². The van der Waals surface area contributed by atoms with Gasteiger partial charge in [0.1, 0.15) is 5.60 Å². The van der Waals surface area contributed by atoms with Gasteiger partial charge >= 0.3 is 12.1 Å². The fraction of sp³-hybridized carbons (Fsp3) is 0.526. The monoisotopic (exact) mass is 415 g/mol. The van der Waals surface area contributed by atoms with Gasteiger partial charge in [-0.2, -0.15) is 13.2 Å². The van der Waals surface area contributed by atoms with E-state index >= 15 is 0 Å². The zero-order chi connectivity index (χ0) is 22.4. The van der Waals surface area contributed by atoms with Crippen LogP contribution < -0.4 is 0 Å². The Morgan fingerprint density at radius 3 is 2.14 bits per heavy atom. The van der Waals surface area contributed by atoms with Crippen LogP contribution in [0.25, 0.3) is 0 Å². The van der Waals surface area contributed by atoms with Crippen molar-refractivity contribution in [3.63, 3.8) is 0 Å². The van der Waals surface area contributed by atoms with Gasteiger partial charge in [-0.15, -0.1) is 0 Å². The quantitative estimate of drug-likeness (QED) is 0.228. The van der Waals surface area contributed by atoms with E-state index in [9.17, 15) is 37.7 Å². The number of benzene rings is 1. The van der Waals surface area contributed by atoms with Gasteiger partial charge < -0.3 is 4.74 Å². The first-order valence-corrected chi connectivity index (χ1v) is 8.74. The summed E-state index contributed by atoms with van der Waals surface area (Å²) in [5.41, 5.74) is -5.21. The summed E-state index contributed by atoms with van der Waals surface area (Å²) in [5, 5.41) is 11.3. The normalized spacial score (nSPS) is 16.7. The van der Waals surface area contributed by atoms with Crippen molar-refractivity contribution >= 4 is 23.2 Å². The highest BCUT2D eigenvalue weighted by atomic mass is 19.4. The summed E-state index contributed by atoms with van der Waals surface area (Å²) >= 11 is 0. The van der Waals surface area contributed by atoms with Gasteiger partial charge in [0.25, 0.3) is 5.69 Å². The number of ketones is 2. The summed E-state index contributed by atoms with van der Waals surface area (Å²) in [5.74, 6) is -5.18. The molecule has 0 N–H and O–H groups in total. The molecule has 1 fully saturated rings. The lowest BCUT2D eigenvalue weighted by Crippen LogP contribution is -2.40. The molecule has 158 valence electrons. The molecule has 0 spiro atoms. The van der Waals surface area contributed by atoms with E-state index in [4.69, 9.17) is 4.74 Å². The summed E-state index contributed by atoms with van der Waals surface area (Å²) in [6.07, 6.45) is -4.02. The maximum atomic E-state index is 13.0. The van der Waals surface area contributed by atoms with Crippen LogP contribution in [0.2, 0.25) is 0 Å². The number of nitro groups is 1. The van der Waals surface area contributed by atoms with E-state index in [0.717, 1.165) is 0 Å². The average molecular weight is 415 g/mol. The van der Waals surface area contributed by atoms with Crippen LogP contribution in [-0.4, -0.2) is 28.1 Å². The first-order chi connectivity index (χ1) is 13.1. The smallest absolute Gasteiger partial charge is 0.416 e. The van der Waals surface area contributed by atoms with Crippen molar-refractivity contribution < 1.29 is 37.2 Å². The summed E-state index contributed by atoms with van der Waals surface area (Å²) in [6.45, 7) is 6.07. The molecule has 1 aromatic carbocycles. The summed E-state index contributed by atoms with van der Waals surface area (Å²) in [6, 6.07) is 1.32. The molecule has 1 aliphatic rings. The molecule has 1 unspecified atom stereocenters. The fourth-order valence-corrected chi connectivity index (χ4v) is 2.70. The zero-order valence-corrected chi connectivity index (χ0v) is 16.3. The Balaban J connectivity index is 2.54. The summed E-state index contributed by atoms with van der Waals surface area (Å²) in [7, 11) is 0. The molecule has 0 aliphatic heterocycles. The lowest BCUT2D eigenvalue weighted by Gasteiger charge is -2.24. The number of carbonyl (C=O) groups is 3. The van der Waals surface area contributed by atoms with Gasteiger partial charge in [-0.05, 0) is 45.7 Å². The van der Waals surface area contributed by atoms with Gasteiger partial charge in [-0.3, -0.25) is 24.5 Å². The number of nitro benzene ring substituents is 1. The molecule has 10 heteroatoms. The van der Waals surface area contributed by atoms with Crippen molar-refractivity contribution in [3.8, 4) is 0 Å². The molecule has 0 heterocycles. The van der Waals surface area contributed by atoms with Gasteiger partial charge in [0.2, 0.25) is 0 Å². The van der Waals surface area contributed by atoms with E-state index in [1.807, 2.05) is 0 Å². The lowest BCUT2D eigenvalue weighted by molar-refractivity contribution is -0.385. The Kier molecular flexibility index (Phi) is 5.62. The molecule has 0 saturated heterocycles. The molecule has 0 radical (unpaired) electrons. The molecule has 1 aromatic rings. The number of hydrogen-bond acceptors (Lipinski definition) is 6. The van der Waals surface area contributed by atoms with Crippen LogP contribution in [0.3, 0.4) is 0 Å². The predicted molar refractivity (Wildman–Crippen MR) is 94.1 cm³/mol. The van der Waals surface area contributed by atoms with Crippen molar-refractivity contribution in [1.82, 2.24) is 0 Å². The van der Waals surface area contributed by atoms with Crippen molar-refractivity contribution in [2.75, 3.05) is 0 Å². The van der Waals surface area contributed by atoms with Crippen LogP contribution in [0.4, 0.5) is 18.9 Å². The van der Waals surface area contributed by atoms with E-state index in [0.29, 0.717) is 25.0 Å². The van der Waals surface area contributed by atoms with Crippen LogP contribution in [0.5, 0.6) is 0 Å². The third-order valence-electron chi connectivity index (χ3n) is 4.55. The lowest BCUT2D eigenvalue weighted by atomic mass is 9.85. The topological polar surface area (TPSA) is 104 Å². The third kappa shape index (κ3) is 4.99. The van der Waals surface area contributed by atoms with E-state index in [1.54, 1.807) is 6.92 Å². The molecule has 0 amide bonds. The number of alkyl halides is 3. The maximum absolute atomic E-state index is 13.0. The van der Waals surface area contributed by atoms with Crippen LogP contribution in [0.15, 0.2) is 18.2 Å². The number of rotatable bonds is 6. The second-order valence-corrected chi connectivity index (χ2v) is 8.24. The van der Waals surface area contributed by atoms with Crippen LogP contribution in [-0.2, 0) is 20.5 Å². The van der Waals surface area contributed by atoms with Crippen molar-refractivity contribution in [2.45, 2.75) is 52.3 Å². The minimum absolute atomic E-state index is 0.211. The number of Topliss-reactive ketones (excluding diaryl/α,β-unsaturated/α-hetero) is 2. The highest BCUT2D eigenvalue weighted by molar-refractivity contribution is 6.25. The van der Waals surface area contributed by atoms with Crippen molar-refractivity contribution in [2.24, 2.45) is 11.3 Å². The SMILES string of the molecule is CC(C)(C)OC(=O)C(C(=O)c1ccc(C(F)(F)F)cc1[N+](=O)[O-])C(=O)C1(C)CC1. The molecule has 1 saturated carbocycles. The predicted octanol–water partition coefficient (Wildman–Crippen LogP) is 4.12. The largest absolute Gasteiger partial charge is 0.459 e. The van der Waals surface area contributed by atoms with E-state index in [1.165, 1.54) is 20.8 Å². The van der Waals surface area contributed by atoms with Gasteiger partial charge in [0, 0.05) is 11.5 Å². The number of halogens is 3. The van der Waals surface area contributed by atoms with Crippen molar-refractivity contribution in [3.05, 3.63) is 39.4 Å². The second-order valence-electron chi connectivity index (χ2n) is 8.24. The van der Waals surface area contributed by atoms with E-state index in [2.05, 4.69) is 0 Å². The molecule has 0 bridgehead atoms. The molecule has 7 nitrogen and oxygen atoms in total. The molecular weight excluding hydrogens is 395 g/mol. The summed E-state index contributed by atoms with van der Waals surface area (Å²) < 4.78 is 43.8. The van der Waals surface area contributed by atoms with E-state index in [-0.39, 0.29) is 6.07 Å². The second kappa shape index (κ2) is 7.23. The van der Waals surface area contributed by atoms with Crippen LogP contribution in [0.1, 0.15) is 56.5 Å². The molecular formula is C19H20F3NO6. The Bertz CT molecular complexity index is 881. The molecule has 29 heavy (non-hydrogen) atoms. The Hall–Kier alpha value is -2.78. The average Bonchev–Trinajstić information content (AvgIpc) is 3.30. The highest BCUT2D eigenvalue weighted by Crippen LogP contribution is 2.48.